The highest BCUT2D eigenvalue weighted by molar-refractivity contribution is 6.50. The van der Waals surface area contributed by atoms with Crippen molar-refractivity contribution in [3.8, 4) is 11.5 Å². The lowest BCUT2D eigenvalue weighted by Gasteiger charge is -2.28. The maximum absolute atomic E-state index is 12.5. The zero-order chi connectivity index (χ0) is 15.0. The molecule has 0 aromatic heterocycles. The largest absolute Gasteiger partial charge is 0.507 e. The van der Waals surface area contributed by atoms with Gasteiger partial charge in [0.25, 0.3) is 0 Å². The van der Waals surface area contributed by atoms with E-state index in [4.69, 9.17) is 11.6 Å². The van der Waals surface area contributed by atoms with Crippen LogP contribution < -0.4 is 0 Å². The van der Waals surface area contributed by atoms with Crippen LogP contribution in [0.2, 0.25) is 0 Å². The van der Waals surface area contributed by atoms with Crippen molar-refractivity contribution in [2.24, 2.45) is 0 Å². The average Bonchev–Trinajstić information content (AvgIpc) is 2.43. The van der Waals surface area contributed by atoms with Gasteiger partial charge in [-0.15, -0.1) is 0 Å². The van der Waals surface area contributed by atoms with Gasteiger partial charge in [0.15, 0.2) is 0 Å². The van der Waals surface area contributed by atoms with Gasteiger partial charge in [-0.3, -0.25) is 9.59 Å². The first-order chi connectivity index (χ1) is 9.43. The second-order valence-electron chi connectivity index (χ2n) is 4.35. The van der Waals surface area contributed by atoms with Gasteiger partial charge in [0.1, 0.15) is 22.2 Å². The number of likely N-dealkylation sites (N-methyl/N-ethyl adjacent to an activating group) is 1. The first-order valence-electron chi connectivity index (χ1n) is 6.23. The zero-order valence-corrected chi connectivity index (χ0v) is 11.9. The van der Waals surface area contributed by atoms with Crippen LogP contribution in [0, 0.1) is 0 Å². The Hall–Kier alpha value is -2.01. The molecule has 2 rings (SSSR count). The molecular formula is C14H14ClNO4. The van der Waals surface area contributed by atoms with E-state index in [2.05, 4.69) is 0 Å². The van der Waals surface area contributed by atoms with Crippen LogP contribution in [0.4, 0.5) is 0 Å². The minimum Gasteiger partial charge on any atom is -0.507 e. The van der Waals surface area contributed by atoms with Crippen molar-refractivity contribution in [1.82, 2.24) is 4.90 Å². The molecule has 5 nitrogen and oxygen atoms in total. The summed E-state index contributed by atoms with van der Waals surface area (Å²) < 4.78 is 0. The van der Waals surface area contributed by atoms with E-state index in [0.29, 0.717) is 13.1 Å². The third-order valence-corrected chi connectivity index (χ3v) is 3.67. The molecule has 0 atom stereocenters. The van der Waals surface area contributed by atoms with Gasteiger partial charge in [-0.25, -0.2) is 0 Å². The molecule has 1 aliphatic rings. The van der Waals surface area contributed by atoms with Gasteiger partial charge < -0.3 is 15.1 Å². The molecule has 1 aromatic carbocycles. The number of rotatable bonds is 3. The fourth-order valence-electron chi connectivity index (χ4n) is 2.30. The maximum atomic E-state index is 12.5. The first kappa shape index (κ1) is 14.4. The normalized spacial score (nSPS) is 14.6. The number of ketones is 2. The average molecular weight is 296 g/mol. The van der Waals surface area contributed by atoms with E-state index in [-0.39, 0.29) is 33.4 Å². The lowest BCUT2D eigenvalue weighted by atomic mass is 9.90. The molecule has 0 bridgehead atoms. The minimum absolute atomic E-state index is 0.0649. The number of phenols is 2. The highest BCUT2D eigenvalue weighted by Crippen LogP contribution is 2.39. The molecule has 0 amide bonds. The lowest BCUT2D eigenvalue weighted by Crippen LogP contribution is -2.33. The molecule has 106 valence electrons. The highest BCUT2D eigenvalue weighted by Gasteiger charge is 2.37. The summed E-state index contributed by atoms with van der Waals surface area (Å²) in [5.41, 5.74) is -0.368. The van der Waals surface area contributed by atoms with Crippen molar-refractivity contribution in [1.29, 1.82) is 0 Å². The Balaban J connectivity index is 2.72. The van der Waals surface area contributed by atoms with Crippen molar-refractivity contribution in [3.05, 3.63) is 34.0 Å². The summed E-state index contributed by atoms with van der Waals surface area (Å²) in [6, 6.07) is 2.34. The van der Waals surface area contributed by atoms with Crippen LogP contribution in [-0.2, 0) is 0 Å². The SMILES string of the molecule is CCN(CC)C1=C(Cl)C(=O)c2c(O)ccc(O)c2C1=O. The summed E-state index contributed by atoms with van der Waals surface area (Å²) in [5.74, 6) is -1.92. The number of fused-ring (bicyclic) bond motifs is 1. The number of halogens is 1. The van der Waals surface area contributed by atoms with Gasteiger partial charge in [-0.2, -0.15) is 0 Å². The smallest absolute Gasteiger partial charge is 0.215 e. The van der Waals surface area contributed by atoms with E-state index in [0.717, 1.165) is 6.07 Å². The quantitative estimate of drug-likeness (QED) is 0.836. The van der Waals surface area contributed by atoms with E-state index in [9.17, 15) is 19.8 Å². The van der Waals surface area contributed by atoms with Gasteiger partial charge in [0.05, 0.1) is 11.1 Å². The van der Waals surface area contributed by atoms with E-state index in [1.807, 2.05) is 13.8 Å². The topological polar surface area (TPSA) is 77.8 Å². The van der Waals surface area contributed by atoms with E-state index >= 15 is 0 Å². The highest BCUT2D eigenvalue weighted by atomic mass is 35.5. The van der Waals surface area contributed by atoms with E-state index < -0.39 is 11.6 Å². The first-order valence-corrected chi connectivity index (χ1v) is 6.60. The summed E-state index contributed by atoms with van der Waals surface area (Å²) in [5, 5.41) is 19.3. The number of benzene rings is 1. The number of carbonyl (C=O) groups excluding carboxylic acids is 2. The van der Waals surface area contributed by atoms with Crippen LogP contribution in [0.15, 0.2) is 22.9 Å². The Morgan fingerprint density at radius 3 is 1.90 bits per heavy atom. The summed E-state index contributed by atoms with van der Waals surface area (Å²) in [7, 11) is 0. The molecule has 20 heavy (non-hydrogen) atoms. The second kappa shape index (κ2) is 5.17. The van der Waals surface area contributed by atoms with Gasteiger partial charge in [0, 0.05) is 13.1 Å². The van der Waals surface area contributed by atoms with Gasteiger partial charge in [-0.05, 0) is 26.0 Å². The number of aromatic hydroxyl groups is 2. The predicted molar refractivity (Wildman–Crippen MR) is 74.2 cm³/mol. The van der Waals surface area contributed by atoms with Crippen molar-refractivity contribution in [2.45, 2.75) is 13.8 Å². The fraction of sp³-hybridized carbons (Fsp3) is 0.286. The molecule has 0 fully saturated rings. The molecular weight excluding hydrogens is 282 g/mol. The number of hydrogen-bond donors (Lipinski definition) is 2. The molecule has 0 saturated carbocycles. The maximum Gasteiger partial charge on any atom is 0.215 e. The van der Waals surface area contributed by atoms with Crippen LogP contribution >= 0.6 is 11.6 Å². The van der Waals surface area contributed by atoms with Crippen LogP contribution in [0.25, 0.3) is 0 Å². The molecule has 0 spiro atoms. The fourth-order valence-corrected chi connectivity index (χ4v) is 2.60. The van der Waals surface area contributed by atoms with E-state index in [1.165, 1.54) is 6.07 Å². The Labute approximate surface area is 121 Å². The monoisotopic (exact) mass is 295 g/mol. The van der Waals surface area contributed by atoms with Crippen LogP contribution in [0.3, 0.4) is 0 Å². The summed E-state index contributed by atoms with van der Waals surface area (Å²) >= 11 is 6.01. The Bertz CT molecular complexity index is 632. The number of hydrogen-bond acceptors (Lipinski definition) is 5. The van der Waals surface area contributed by atoms with Gasteiger partial charge in [-0.1, -0.05) is 11.6 Å². The Kier molecular flexibility index (Phi) is 3.72. The zero-order valence-electron chi connectivity index (χ0n) is 11.1. The van der Waals surface area contributed by atoms with Crippen molar-refractivity contribution < 1.29 is 19.8 Å². The number of allylic oxidation sites excluding steroid dienone is 2. The molecule has 1 aromatic rings. The molecule has 1 aliphatic carbocycles. The molecule has 0 heterocycles. The molecule has 0 radical (unpaired) electrons. The lowest BCUT2D eigenvalue weighted by molar-refractivity contribution is 0.0945. The summed E-state index contributed by atoms with van der Waals surface area (Å²) in [6.45, 7) is 4.65. The van der Waals surface area contributed by atoms with Gasteiger partial charge in [0.2, 0.25) is 11.6 Å². The van der Waals surface area contributed by atoms with Crippen molar-refractivity contribution >= 4 is 23.2 Å². The van der Waals surface area contributed by atoms with E-state index in [1.54, 1.807) is 4.90 Å². The number of carbonyl (C=O) groups is 2. The second-order valence-corrected chi connectivity index (χ2v) is 4.72. The number of phenolic OH excluding ortho intramolecular Hbond substituents is 2. The van der Waals surface area contributed by atoms with Crippen LogP contribution in [-0.4, -0.2) is 39.8 Å². The molecule has 0 aliphatic heterocycles. The predicted octanol–water partition coefficient (Wildman–Crippen LogP) is 2.27. The van der Waals surface area contributed by atoms with Crippen LogP contribution in [0.5, 0.6) is 11.5 Å². The standard InChI is InChI=1S/C14H14ClNO4/c1-3-16(4-2)12-11(15)13(19)9-7(17)5-6-8(18)10(9)14(12)20/h5-6,17-18H,3-4H2,1-2H3. The van der Waals surface area contributed by atoms with Crippen molar-refractivity contribution in [2.75, 3.05) is 13.1 Å². The summed E-state index contributed by atoms with van der Waals surface area (Å²) in [6.07, 6.45) is 0. The Morgan fingerprint density at radius 1 is 1.00 bits per heavy atom. The number of Topliss-reactive ketones (excluding diaryl/α,β-unsaturated/α-hetero) is 2. The van der Waals surface area contributed by atoms with Crippen molar-refractivity contribution in [3.63, 3.8) is 0 Å². The Morgan fingerprint density at radius 2 is 1.45 bits per heavy atom. The number of nitrogens with zero attached hydrogens (tertiary/aromatic N) is 1. The summed E-state index contributed by atoms with van der Waals surface area (Å²) in [4.78, 5) is 26.4. The third-order valence-electron chi connectivity index (χ3n) is 3.32. The molecule has 0 saturated heterocycles. The van der Waals surface area contributed by atoms with Crippen LogP contribution in [0.1, 0.15) is 34.6 Å². The molecule has 6 heteroatoms. The minimum atomic E-state index is -0.656. The molecule has 2 N–H and O–H groups in total. The molecule has 0 unspecified atom stereocenters. The third kappa shape index (κ3) is 1.94. The van der Waals surface area contributed by atoms with Gasteiger partial charge >= 0.3 is 0 Å².